The number of halogens is 1. The Morgan fingerprint density at radius 1 is 1.59 bits per heavy atom. The van der Waals surface area contributed by atoms with Gasteiger partial charge in [-0.2, -0.15) is 0 Å². The second-order valence-electron chi connectivity index (χ2n) is 4.61. The van der Waals surface area contributed by atoms with Gasteiger partial charge in [0.25, 0.3) is 0 Å². The van der Waals surface area contributed by atoms with Gasteiger partial charge in [-0.15, -0.1) is 0 Å². The van der Waals surface area contributed by atoms with Gasteiger partial charge >= 0.3 is 0 Å². The van der Waals surface area contributed by atoms with Crippen LogP contribution in [0.25, 0.3) is 0 Å². The van der Waals surface area contributed by atoms with E-state index in [9.17, 15) is 0 Å². The van der Waals surface area contributed by atoms with Gasteiger partial charge in [0.15, 0.2) is 0 Å². The molecule has 1 atom stereocenters. The van der Waals surface area contributed by atoms with Gasteiger partial charge in [-0.3, -0.25) is 4.90 Å². The molecule has 0 unspecified atom stereocenters. The summed E-state index contributed by atoms with van der Waals surface area (Å²) < 4.78 is 5.76. The van der Waals surface area contributed by atoms with Crippen LogP contribution in [0.5, 0.6) is 5.75 Å². The zero-order chi connectivity index (χ0) is 12.3. The summed E-state index contributed by atoms with van der Waals surface area (Å²) in [6.07, 6.45) is 4.95. The third-order valence-corrected chi connectivity index (χ3v) is 3.63. The van der Waals surface area contributed by atoms with E-state index >= 15 is 0 Å². The molecule has 0 radical (unpaired) electrons. The van der Waals surface area contributed by atoms with E-state index in [0.29, 0.717) is 11.2 Å². The number of aryl methyl sites for hydroxylation is 1. The molecule has 0 N–H and O–H groups in total. The molecule has 0 aromatic carbocycles. The normalized spacial score (nSPS) is 20.1. The molecule has 17 heavy (non-hydrogen) atoms. The van der Waals surface area contributed by atoms with E-state index in [2.05, 4.69) is 23.9 Å². The number of ether oxygens (including phenoxy) is 1. The number of hydrogen-bond donors (Lipinski definition) is 0. The largest absolute Gasteiger partial charge is 0.490 e. The van der Waals surface area contributed by atoms with Crippen molar-refractivity contribution in [3.63, 3.8) is 0 Å². The van der Waals surface area contributed by atoms with Gasteiger partial charge in [0, 0.05) is 6.04 Å². The third-order valence-electron chi connectivity index (χ3n) is 3.29. The predicted molar refractivity (Wildman–Crippen MR) is 69.8 cm³/mol. The smallest absolute Gasteiger partial charge is 0.138 e. The lowest BCUT2D eigenvalue weighted by Gasteiger charge is -2.37. The topological polar surface area (TPSA) is 25.4 Å². The summed E-state index contributed by atoms with van der Waals surface area (Å²) in [7, 11) is 2.13. The van der Waals surface area contributed by atoms with Crippen molar-refractivity contribution in [2.45, 2.75) is 32.2 Å². The van der Waals surface area contributed by atoms with Crippen molar-refractivity contribution in [2.75, 3.05) is 20.2 Å². The van der Waals surface area contributed by atoms with Crippen LogP contribution in [-0.4, -0.2) is 36.1 Å². The summed E-state index contributed by atoms with van der Waals surface area (Å²) in [6.45, 7) is 4.05. The van der Waals surface area contributed by atoms with E-state index < -0.39 is 0 Å². The molecule has 1 saturated heterocycles. The van der Waals surface area contributed by atoms with Gasteiger partial charge in [0.05, 0.1) is 6.20 Å². The first kappa shape index (κ1) is 12.7. The molecule has 0 amide bonds. The fraction of sp³-hybridized carbons (Fsp3) is 0.615. The van der Waals surface area contributed by atoms with Crippen molar-refractivity contribution >= 4 is 11.6 Å². The van der Waals surface area contributed by atoms with Gasteiger partial charge in [0.2, 0.25) is 0 Å². The number of rotatable bonds is 5. The van der Waals surface area contributed by atoms with Crippen molar-refractivity contribution in [1.82, 2.24) is 9.88 Å². The second-order valence-corrected chi connectivity index (χ2v) is 4.96. The standard InChI is InChI=1S/C13H19ClN2O/c1-3-4-10-7-12(8-15-13(10)14)17-9-11-5-6-16(11)2/h7-8,11H,3-6,9H2,1-2H3/t11-/m1/s1. The van der Waals surface area contributed by atoms with E-state index in [0.717, 1.165) is 30.8 Å². The lowest BCUT2D eigenvalue weighted by molar-refractivity contribution is 0.0767. The monoisotopic (exact) mass is 254 g/mol. The first-order valence-corrected chi connectivity index (χ1v) is 6.56. The fourth-order valence-electron chi connectivity index (χ4n) is 1.97. The second kappa shape index (κ2) is 5.69. The van der Waals surface area contributed by atoms with E-state index in [4.69, 9.17) is 16.3 Å². The maximum atomic E-state index is 6.02. The lowest BCUT2D eigenvalue weighted by Crippen LogP contribution is -2.48. The highest BCUT2D eigenvalue weighted by Crippen LogP contribution is 2.22. The number of hydrogen-bond acceptors (Lipinski definition) is 3. The Labute approximate surface area is 108 Å². The summed E-state index contributed by atoms with van der Waals surface area (Å²) in [5.41, 5.74) is 1.08. The van der Waals surface area contributed by atoms with Crippen LogP contribution in [0.15, 0.2) is 12.3 Å². The molecule has 0 aliphatic carbocycles. The minimum absolute atomic E-state index is 0.556. The first-order chi connectivity index (χ1) is 8.20. The molecule has 1 fully saturated rings. The quantitative estimate of drug-likeness (QED) is 0.756. The molecule has 0 bridgehead atoms. The Hall–Kier alpha value is -0.800. The van der Waals surface area contributed by atoms with Crippen molar-refractivity contribution in [2.24, 2.45) is 0 Å². The molecular formula is C13H19ClN2O. The van der Waals surface area contributed by atoms with E-state index in [1.54, 1.807) is 6.20 Å². The minimum atomic E-state index is 0.556. The summed E-state index contributed by atoms with van der Waals surface area (Å²) in [4.78, 5) is 6.47. The number of pyridine rings is 1. The Kier molecular flexibility index (Phi) is 4.24. The molecule has 2 heterocycles. The van der Waals surface area contributed by atoms with Gasteiger partial charge < -0.3 is 4.74 Å². The van der Waals surface area contributed by atoms with Gasteiger partial charge in [0.1, 0.15) is 17.5 Å². The zero-order valence-corrected chi connectivity index (χ0v) is 11.2. The Morgan fingerprint density at radius 3 is 3.00 bits per heavy atom. The highest BCUT2D eigenvalue weighted by atomic mass is 35.5. The maximum Gasteiger partial charge on any atom is 0.138 e. The van der Waals surface area contributed by atoms with Crippen LogP contribution in [0.3, 0.4) is 0 Å². The average molecular weight is 255 g/mol. The molecule has 1 aromatic heterocycles. The molecule has 94 valence electrons. The summed E-state index contributed by atoms with van der Waals surface area (Å²) in [6, 6.07) is 2.57. The third kappa shape index (κ3) is 3.11. The lowest BCUT2D eigenvalue weighted by atomic mass is 10.1. The molecule has 1 aliphatic rings. The van der Waals surface area contributed by atoms with Crippen molar-refractivity contribution < 1.29 is 4.74 Å². The number of aromatic nitrogens is 1. The van der Waals surface area contributed by atoms with Crippen molar-refractivity contribution in [3.05, 3.63) is 23.0 Å². The summed E-state index contributed by atoms with van der Waals surface area (Å²) in [5, 5.41) is 0.597. The summed E-state index contributed by atoms with van der Waals surface area (Å²) >= 11 is 6.02. The molecule has 3 nitrogen and oxygen atoms in total. The molecule has 2 rings (SSSR count). The van der Waals surface area contributed by atoms with Gasteiger partial charge in [-0.05, 0) is 38.1 Å². The number of likely N-dealkylation sites (tertiary alicyclic amines) is 1. The van der Waals surface area contributed by atoms with Gasteiger partial charge in [-0.1, -0.05) is 24.9 Å². The van der Waals surface area contributed by atoms with E-state index in [1.807, 2.05) is 6.07 Å². The first-order valence-electron chi connectivity index (χ1n) is 6.18. The van der Waals surface area contributed by atoms with Crippen LogP contribution >= 0.6 is 11.6 Å². The highest BCUT2D eigenvalue weighted by molar-refractivity contribution is 6.30. The Morgan fingerprint density at radius 2 is 2.41 bits per heavy atom. The Bertz CT molecular complexity index is 384. The van der Waals surface area contributed by atoms with Crippen molar-refractivity contribution in [3.8, 4) is 5.75 Å². The van der Waals surface area contributed by atoms with Gasteiger partial charge in [-0.25, -0.2) is 4.98 Å². The molecule has 0 spiro atoms. The fourth-order valence-corrected chi connectivity index (χ4v) is 2.17. The predicted octanol–water partition coefficient (Wildman–Crippen LogP) is 2.77. The maximum absolute atomic E-state index is 6.02. The minimum Gasteiger partial charge on any atom is -0.490 e. The molecule has 0 saturated carbocycles. The molecular weight excluding hydrogens is 236 g/mol. The SMILES string of the molecule is CCCc1cc(OC[C@H]2CCN2C)cnc1Cl. The van der Waals surface area contributed by atoms with Crippen LogP contribution in [0, 0.1) is 0 Å². The molecule has 1 aromatic rings. The van der Waals surface area contributed by atoms with Crippen LogP contribution in [0.4, 0.5) is 0 Å². The molecule has 4 heteroatoms. The average Bonchev–Trinajstić information content (AvgIpc) is 2.32. The molecule has 1 aliphatic heterocycles. The highest BCUT2D eigenvalue weighted by Gasteiger charge is 2.24. The zero-order valence-electron chi connectivity index (χ0n) is 10.4. The van der Waals surface area contributed by atoms with Crippen molar-refractivity contribution in [1.29, 1.82) is 0 Å². The summed E-state index contributed by atoms with van der Waals surface area (Å²) in [5.74, 6) is 0.832. The van der Waals surface area contributed by atoms with E-state index in [1.165, 1.54) is 13.0 Å². The van der Waals surface area contributed by atoms with Crippen LogP contribution in [-0.2, 0) is 6.42 Å². The Balaban J connectivity index is 1.93. The van der Waals surface area contributed by atoms with Crippen LogP contribution in [0.1, 0.15) is 25.3 Å². The number of nitrogens with zero attached hydrogens (tertiary/aromatic N) is 2. The van der Waals surface area contributed by atoms with Crippen LogP contribution < -0.4 is 4.74 Å². The number of likely N-dealkylation sites (N-methyl/N-ethyl adjacent to an activating group) is 1. The van der Waals surface area contributed by atoms with E-state index in [-0.39, 0.29) is 0 Å². The van der Waals surface area contributed by atoms with Crippen LogP contribution in [0.2, 0.25) is 5.15 Å².